The zero-order chi connectivity index (χ0) is 18.8. The quantitative estimate of drug-likeness (QED) is 0.753. The van der Waals surface area contributed by atoms with Crippen LogP contribution in [-0.2, 0) is 9.31 Å². The summed E-state index contributed by atoms with van der Waals surface area (Å²) in [4.78, 5) is 2.53. The minimum Gasteiger partial charge on any atom is -0.492 e. The molecule has 4 nitrogen and oxygen atoms in total. The van der Waals surface area contributed by atoms with Crippen molar-refractivity contribution in [3.63, 3.8) is 0 Å². The van der Waals surface area contributed by atoms with Crippen LogP contribution in [0.1, 0.15) is 53.9 Å². The summed E-state index contributed by atoms with van der Waals surface area (Å²) in [6.45, 7) is 14.8. The first-order chi connectivity index (χ1) is 12.3. The largest absolute Gasteiger partial charge is 0.494 e. The highest BCUT2D eigenvalue weighted by Gasteiger charge is 2.51. The van der Waals surface area contributed by atoms with Crippen LogP contribution in [-0.4, -0.2) is 49.5 Å². The highest BCUT2D eigenvalue weighted by Crippen LogP contribution is 2.36. The third-order valence-corrected chi connectivity index (χ3v) is 6.19. The standard InChI is InChI=1S/C21H34BNO3/c1-17-7-6-13-23(14-12-17)15-16-24-19-10-8-18(9-11-19)22-25-20(2,3)21(4,5)26-22/h8-11,17H,6-7,12-16H2,1-5H3. The molecule has 1 aromatic carbocycles. The lowest BCUT2D eigenvalue weighted by molar-refractivity contribution is 0.00578. The number of benzene rings is 1. The first-order valence-electron chi connectivity index (χ1n) is 10.1. The zero-order valence-electron chi connectivity index (χ0n) is 17.1. The summed E-state index contributed by atoms with van der Waals surface area (Å²) < 4.78 is 18.2. The summed E-state index contributed by atoms with van der Waals surface area (Å²) >= 11 is 0. The van der Waals surface area contributed by atoms with Crippen molar-refractivity contribution >= 4 is 12.6 Å². The Morgan fingerprint density at radius 2 is 1.69 bits per heavy atom. The van der Waals surface area contributed by atoms with Crippen LogP contribution in [0.4, 0.5) is 0 Å². The van der Waals surface area contributed by atoms with Crippen molar-refractivity contribution < 1.29 is 14.0 Å². The van der Waals surface area contributed by atoms with Gasteiger partial charge in [-0.25, -0.2) is 0 Å². The van der Waals surface area contributed by atoms with Gasteiger partial charge in [-0.1, -0.05) is 19.1 Å². The molecule has 1 unspecified atom stereocenters. The molecule has 0 amide bonds. The Morgan fingerprint density at radius 1 is 1.04 bits per heavy atom. The monoisotopic (exact) mass is 359 g/mol. The summed E-state index contributed by atoms with van der Waals surface area (Å²) in [6, 6.07) is 8.13. The van der Waals surface area contributed by atoms with Crippen molar-refractivity contribution in [1.29, 1.82) is 0 Å². The van der Waals surface area contributed by atoms with E-state index in [2.05, 4.69) is 39.5 Å². The summed E-state index contributed by atoms with van der Waals surface area (Å²) in [6.07, 6.45) is 3.98. The van der Waals surface area contributed by atoms with Gasteiger partial charge in [0.05, 0.1) is 11.2 Å². The van der Waals surface area contributed by atoms with E-state index in [0.717, 1.165) is 30.3 Å². The summed E-state index contributed by atoms with van der Waals surface area (Å²) in [7, 11) is -0.312. The molecule has 3 rings (SSSR count). The van der Waals surface area contributed by atoms with Crippen molar-refractivity contribution in [3.05, 3.63) is 24.3 Å². The predicted octanol–water partition coefficient (Wildman–Crippen LogP) is 3.49. The lowest BCUT2D eigenvalue weighted by Gasteiger charge is -2.32. The lowest BCUT2D eigenvalue weighted by atomic mass is 9.79. The van der Waals surface area contributed by atoms with Gasteiger partial charge < -0.3 is 14.0 Å². The molecule has 0 aromatic heterocycles. The number of rotatable bonds is 5. The van der Waals surface area contributed by atoms with Crippen LogP contribution in [0.3, 0.4) is 0 Å². The Hall–Kier alpha value is -1.04. The van der Waals surface area contributed by atoms with E-state index in [1.807, 2.05) is 24.3 Å². The van der Waals surface area contributed by atoms with E-state index in [9.17, 15) is 0 Å². The maximum atomic E-state index is 6.10. The van der Waals surface area contributed by atoms with Gasteiger partial charge in [-0.05, 0) is 83.6 Å². The topological polar surface area (TPSA) is 30.9 Å². The zero-order valence-corrected chi connectivity index (χ0v) is 17.1. The van der Waals surface area contributed by atoms with Crippen molar-refractivity contribution in [2.75, 3.05) is 26.2 Å². The second-order valence-electron chi connectivity index (χ2n) is 8.88. The van der Waals surface area contributed by atoms with Crippen LogP contribution in [0, 0.1) is 5.92 Å². The first kappa shape index (κ1) is 19.7. The van der Waals surface area contributed by atoms with Crippen molar-refractivity contribution in [1.82, 2.24) is 4.90 Å². The highest BCUT2D eigenvalue weighted by molar-refractivity contribution is 6.62. The Bertz CT molecular complexity index is 571. The number of nitrogens with zero attached hydrogens (tertiary/aromatic N) is 1. The van der Waals surface area contributed by atoms with E-state index >= 15 is 0 Å². The number of likely N-dealkylation sites (tertiary alicyclic amines) is 1. The fourth-order valence-electron chi connectivity index (χ4n) is 3.54. The summed E-state index contributed by atoms with van der Waals surface area (Å²) in [5.74, 6) is 1.77. The van der Waals surface area contributed by atoms with E-state index in [1.54, 1.807) is 0 Å². The molecule has 26 heavy (non-hydrogen) atoms. The Balaban J connectivity index is 1.48. The fraction of sp³-hybridized carbons (Fsp3) is 0.714. The third-order valence-electron chi connectivity index (χ3n) is 6.19. The third kappa shape index (κ3) is 4.62. The molecule has 2 aliphatic rings. The molecule has 5 heteroatoms. The molecule has 1 aromatic rings. The van der Waals surface area contributed by atoms with Crippen LogP contribution in [0.25, 0.3) is 0 Å². The SMILES string of the molecule is CC1CCCN(CCOc2ccc(B3OC(C)(C)C(C)(C)O3)cc2)CC1. The van der Waals surface area contributed by atoms with Gasteiger partial charge >= 0.3 is 7.12 Å². The molecule has 2 fully saturated rings. The molecule has 2 heterocycles. The molecule has 0 bridgehead atoms. The van der Waals surface area contributed by atoms with Crippen molar-refractivity contribution in [2.45, 2.75) is 65.1 Å². The van der Waals surface area contributed by atoms with Crippen LogP contribution < -0.4 is 10.2 Å². The van der Waals surface area contributed by atoms with Crippen LogP contribution in [0.5, 0.6) is 5.75 Å². The second-order valence-corrected chi connectivity index (χ2v) is 8.88. The van der Waals surface area contributed by atoms with E-state index in [4.69, 9.17) is 14.0 Å². The molecule has 2 aliphatic heterocycles. The second kappa shape index (κ2) is 7.91. The van der Waals surface area contributed by atoms with Gasteiger partial charge in [0.2, 0.25) is 0 Å². The molecule has 0 saturated carbocycles. The highest BCUT2D eigenvalue weighted by atomic mass is 16.7. The summed E-state index contributed by atoms with van der Waals surface area (Å²) in [5.41, 5.74) is 0.423. The average Bonchev–Trinajstić information content (AvgIpc) is 2.71. The summed E-state index contributed by atoms with van der Waals surface area (Å²) in [5, 5.41) is 0. The van der Waals surface area contributed by atoms with Gasteiger partial charge in [0.15, 0.2) is 0 Å². The Kier molecular flexibility index (Phi) is 6.00. The van der Waals surface area contributed by atoms with E-state index in [-0.39, 0.29) is 18.3 Å². The smallest absolute Gasteiger partial charge is 0.492 e. The number of hydrogen-bond donors (Lipinski definition) is 0. The number of ether oxygens (including phenoxy) is 1. The predicted molar refractivity (Wildman–Crippen MR) is 107 cm³/mol. The van der Waals surface area contributed by atoms with Crippen LogP contribution in [0.2, 0.25) is 0 Å². The molecule has 0 spiro atoms. The maximum absolute atomic E-state index is 6.10. The minimum absolute atomic E-state index is 0.308. The fourth-order valence-corrected chi connectivity index (χ4v) is 3.54. The van der Waals surface area contributed by atoms with Crippen LogP contribution in [0.15, 0.2) is 24.3 Å². The Labute approximate surface area is 159 Å². The van der Waals surface area contributed by atoms with Crippen molar-refractivity contribution in [3.8, 4) is 5.75 Å². The normalized spacial score (nSPS) is 25.9. The average molecular weight is 359 g/mol. The minimum atomic E-state index is -0.312. The molecular formula is C21H34BNO3. The Morgan fingerprint density at radius 3 is 2.35 bits per heavy atom. The van der Waals surface area contributed by atoms with E-state index in [0.29, 0.717) is 0 Å². The van der Waals surface area contributed by atoms with Gasteiger partial charge in [0.1, 0.15) is 12.4 Å². The number of hydrogen-bond acceptors (Lipinski definition) is 4. The molecule has 2 saturated heterocycles. The van der Waals surface area contributed by atoms with E-state index < -0.39 is 0 Å². The van der Waals surface area contributed by atoms with Crippen molar-refractivity contribution in [2.24, 2.45) is 5.92 Å². The molecule has 0 aliphatic carbocycles. The molecule has 0 N–H and O–H groups in total. The van der Waals surface area contributed by atoms with Gasteiger partial charge in [0, 0.05) is 6.54 Å². The first-order valence-corrected chi connectivity index (χ1v) is 10.1. The molecule has 144 valence electrons. The van der Waals surface area contributed by atoms with Gasteiger partial charge in [-0.2, -0.15) is 0 Å². The van der Waals surface area contributed by atoms with E-state index in [1.165, 1.54) is 32.4 Å². The molecule has 0 radical (unpaired) electrons. The maximum Gasteiger partial charge on any atom is 0.494 e. The molecule has 1 atom stereocenters. The van der Waals surface area contributed by atoms with Gasteiger partial charge in [0.25, 0.3) is 0 Å². The molecular weight excluding hydrogens is 325 g/mol. The lowest BCUT2D eigenvalue weighted by Crippen LogP contribution is -2.41. The van der Waals surface area contributed by atoms with Gasteiger partial charge in [-0.3, -0.25) is 4.90 Å². The van der Waals surface area contributed by atoms with Gasteiger partial charge in [-0.15, -0.1) is 0 Å². The van der Waals surface area contributed by atoms with Crippen LogP contribution >= 0.6 is 0 Å².